The van der Waals surface area contributed by atoms with E-state index < -0.39 is 11.6 Å². The highest BCUT2D eigenvalue weighted by Crippen LogP contribution is 2.27. The molecule has 1 aliphatic heterocycles. The number of carbonyl (C=O) groups is 1. The van der Waals surface area contributed by atoms with Crippen LogP contribution in [-0.2, 0) is 11.2 Å². The van der Waals surface area contributed by atoms with E-state index in [4.69, 9.17) is 4.42 Å². The van der Waals surface area contributed by atoms with Gasteiger partial charge in [0.15, 0.2) is 11.7 Å². The van der Waals surface area contributed by atoms with E-state index in [0.29, 0.717) is 6.54 Å². The summed E-state index contributed by atoms with van der Waals surface area (Å²) in [7, 11) is 0. The monoisotopic (exact) mass is 425 g/mol. The fourth-order valence-corrected chi connectivity index (χ4v) is 3.98. The van der Waals surface area contributed by atoms with Gasteiger partial charge in [0, 0.05) is 19.4 Å². The number of aromatic nitrogens is 1. The molecular formula is C24H25F2N3O2. The molecule has 1 N–H and O–H groups in total. The molecule has 162 valence electrons. The van der Waals surface area contributed by atoms with Crippen LogP contribution >= 0.6 is 0 Å². The number of amides is 1. The third kappa shape index (κ3) is 5.17. The fraction of sp³-hybridized carbons (Fsp3) is 0.333. The SMILES string of the molecule is O=C(CCc1ncc(-c2c(F)cccc2F)o1)NCC(c1ccccc1)N1CCCC1. The predicted octanol–water partition coefficient (Wildman–Crippen LogP) is 4.51. The molecule has 4 rings (SSSR count). The van der Waals surface area contributed by atoms with Gasteiger partial charge >= 0.3 is 0 Å². The topological polar surface area (TPSA) is 58.4 Å². The summed E-state index contributed by atoms with van der Waals surface area (Å²) in [4.78, 5) is 18.9. The zero-order valence-corrected chi connectivity index (χ0v) is 17.2. The van der Waals surface area contributed by atoms with Gasteiger partial charge in [0.05, 0.1) is 17.8 Å². The number of nitrogens with zero attached hydrogens (tertiary/aromatic N) is 2. The van der Waals surface area contributed by atoms with E-state index in [0.717, 1.165) is 25.2 Å². The number of likely N-dealkylation sites (tertiary alicyclic amines) is 1. The van der Waals surface area contributed by atoms with Crippen molar-refractivity contribution in [1.29, 1.82) is 0 Å². The third-order valence-corrected chi connectivity index (χ3v) is 5.59. The molecule has 31 heavy (non-hydrogen) atoms. The molecule has 1 atom stereocenters. The maximum absolute atomic E-state index is 13.9. The predicted molar refractivity (Wildman–Crippen MR) is 113 cm³/mol. The van der Waals surface area contributed by atoms with Crippen molar-refractivity contribution in [3.8, 4) is 11.3 Å². The van der Waals surface area contributed by atoms with Gasteiger partial charge in [-0.25, -0.2) is 13.8 Å². The summed E-state index contributed by atoms with van der Waals surface area (Å²) in [6.45, 7) is 2.59. The van der Waals surface area contributed by atoms with Gasteiger partial charge in [-0.1, -0.05) is 36.4 Å². The maximum atomic E-state index is 13.9. The van der Waals surface area contributed by atoms with Crippen molar-refractivity contribution in [1.82, 2.24) is 15.2 Å². The number of halogens is 2. The van der Waals surface area contributed by atoms with Crippen molar-refractivity contribution >= 4 is 5.91 Å². The largest absolute Gasteiger partial charge is 0.441 e. The van der Waals surface area contributed by atoms with Gasteiger partial charge in [-0.2, -0.15) is 0 Å². The van der Waals surface area contributed by atoms with E-state index >= 15 is 0 Å². The Morgan fingerprint density at radius 2 is 1.77 bits per heavy atom. The van der Waals surface area contributed by atoms with E-state index in [2.05, 4.69) is 27.3 Å². The Balaban J connectivity index is 1.33. The molecule has 0 radical (unpaired) electrons. The van der Waals surface area contributed by atoms with Crippen LogP contribution in [0.2, 0.25) is 0 Å². The molecule has 0 bridgehead atoms. The van der Waals surface area contributed by atoms with Gasteiger partial charge in [0.2, 0.25) is 5.91 Å². The quantitative estimate of drug-likeness (QED) is 0.577. The van der Waals surface area contributed by atoms with Crippen LogP contribution in [0.3, 0.4) is 0 Å². The first-order valence-corrected chi connectivity index (χ1v) is 10.6. The van der Waals surface area contributed by atoms with Gasteiger partial charge in [-0.3, -0.25) is 9.69 Å². The Morgan fingerprint density at radius 3 is 2.48 bits per heavy atom. The van der Waals surface area contributed by atoms with Crippen molar-refractivity contribution in [2.75, 3.05) is 19.6 Å². The Morgan fingerprint density at radius 1 is 1.06 bits per heavy atom. The normalized spacial score (nSPS) is 15.2. The van der Waals surface area contributed by atoms with Crippen LogP contribution in [0.25, 0.3) is 11.3 Å². The first-order chi connectivity index (χ1) is 15.1. The van der Waals surface area contributed by atoms with Crippen molar-refractivity contribution in [3.05, 3.63) is 77.8 Å². The lowest BCUT2D eigenvalue weighted by Crippen LogP contribution is -2.36. The highest BCUT2D eigenvalue weighted by Gasteiger charge is 2.24. The molecule has 2 aromatic carbocycles. The molecule has 0 spiro atoms. The summed E-state index contributed by atoms with van der Waals surface area (Å²) < 4.78 is 33.3. The summed E-state index contributed by atoms with van der Waals surface area (Å²) in [5, 5.41) is 3.02. The lowest BCUT2D eigenvalue weighted by atomic mass is 10.1. The summed E-state index contributed by atoms with van der Waals surface area (Å²) in [5.74, 6) is -1.25. The molecule has 1 unspecified atom stereocenters. The van der Waals surface area contributed by atoms with E-state index in [9.17, 15) is 13.6 Å². The molecule has 2 heterocycles. The van der Waals surface area contributed by atoms with Gasteiger partial charge < -0.3 is 9.73 Å². The van der Waals surface area contributed by atoms with E-state index in [1.165, 1.54) is 30.7 Å². The number of nitrogens with one attached hydrogen (secondary N) is 1. The Hall–Kier alpha value is -3.06. The first kappa shape index (κ1) is 21.2. The second kappa shape index (κ2) is 9.83. The zero-order chi connectivity index (χ0) is 21.6. The molecular weight excluding hydrogens is 400 g/mol. The molecule has 1 aromatic heterocycles. The second-order valence-corrected chi connectivity index (χ2v) is 7.69. The molecule has 1 aliphatic rings. The minimum Gasteiger partial charge on any atom is -0.441 e. The zero-order valence-electron chi connectivity index (χ0n) is 17.2. The lowest BCUT2D eigenvalue weighted by Gasteiger charge is -2.28. The average Bonchev–Trinajstić information content (AvgIpc) is 3.46. The second-order valence-electron chi connectivity index (χ2n) is 7.69. The van der Waals surface area contributed by atoms with Crippen LogP contribution in [0, 0.1) is 11.6 Å². The molecule has 0 saturated carbocycles. The Bertz CT molecular complexity index is 996. The van der Waals surface area contributed by atoms with Gasteiger partial charge in [0.1, 0.15) is 11.6 Å². The van der Waals surface area contributed by atoms with Crippen LogP contribution in [-0.4, -0.2) is 35.4 Å². The van der Waals surface area contributed by atoms with E-state index in [1.807, 2.05) is 18.2 Å². The minimum absolute atomic E-state index is 0.0178. The molecule has 1 fully saturated rings. The van der Waals surface area contributed by atoms with Crippen LogP contribution in [0.15, 0.2) is 59.1 Å². The van der Waals surface area contributed by atoms with E-state index in [-0.39, 0.29) is 42.0 Å². The number of benzene rings is 2. The number of oxazole rings is 1. The van der Waals surface area contributed by atoms with Crippen molar-refractivity contribution < 1.29 is 18.0 Å². The van der Waals surface area contributed by atoms with Gasteiger partial charge in [0.25, 0.3) is 0 Å². The standard InChI is InChI=1S/C24H25F2N3O2/c25-18-9-6-10-19(26)24(18)21-16-28-23(31-21)12-11-22(30)27-15-20(29-13-4-5-14-29)17-7-2-1-3-8-17/h1-3,6-10,16,20H,4-5,11-15H2,(H,27,30). The van der Waals surface area contributed by atoms with Crippen LogP contribution in [0.4, 0.5) is 8.78 Å². The fourth-order valence-electron chi connectivity index (χ4n) is 3.98. The van der Waals surface area contributed by atoms with Crippen LogP contribution in [0.1, 0.15) is 36.8 Å². The smallest absolute Gasteiger partial charge is 0.220 e. The Labute approximate surface area is 180 Å². The molecule has 1 amide bonds. The van der Waals surface area contributed by atoms with Gasteiger partial charge in [-0.05, 0) is 43.6 Å². The third-order valence-electron chi connectivity index (χ3n) is 5.59. The number of carbonyl (C=O) groups excluding carboxylic acids is 1. The molecule has 0 aliphatic carbocycles. The van der Waals surface area contributed by atoms with Crippen molar-refractivity contribution in [2.24, 2.45) is 0 Å². The number of aryl methyl sites for hydroxylation is 1. The summed E-state index contributed by atoms with van der Waals surface area (Å²) in [6, 6.07) is 14.0. The molecule has 3 aromatic rings. The van der Waals surface area contributed by atoms with E-state index in [1.54, 1.807) is 0 Å². The summed E-state index contributed by atoms with van der Waals surface area (Å²) in [6.07, 6.45) is 4.06. The number of hydrogen-bond acceptors (Lipinski definition) is 4. The minimum atomic E-state index is -0.714. The van der Waals surface area contributed by atoms with Crippen LogP contribution < -0.4 is 5.32 Å². The lowest BCUT2D eigenvalue weighted by molar-refractivity contribution is -0.121. The maximum Gasteiger partial charge on any atom is 0.220 e. The van der Waals surface area contributed by atoms with Gasteiger partial charge in [-0.15, -0.1) is 0 Å². The number of rotatable bonds is 8. The van der Waals surface area contributed by atoms with Crippen molar-refractivity contribution in [2.45, 2.75) is 31.7 Å². The molecule has 5 nitrogen and oxygen atoms in total. The molecule has 1 saturated heterocycles. The molecule has 7 heteroatoms. The summed E-state index contributed by atoms with van der Waals surface area (Å²) >= 11 is 0. The highest BCUT2D eigenvalue weighted by atomic mass is 19.1. The number of hydrogen-bond donors (Lipinski definition) is 1. The van der Waals surface area contributed by atoms with Crippen molar-refractivity contribution in [3.63, 3.8) is 0 Å². The highest BCUT2D eigenvalue weighted by molar-refractivity contribution is 5.76. The Kier molecular flexibility index (Phi) is 6.72. The van der Waals surface area contributed by atoms with Crippen LogP contribution in [0.5, 0.6) is 0 Å². The summed E-state index contributed by atoms with van der Waals surface area (Å²) in [5.41, 5.74) is 0.941. The first-order valence-electron chi connectivity index (χ1n) is 10.6. The average molecular weight is 425 g/mol.